The van der Waals surface area contributed by atoms with Gasteiger partial charge in [-0.25, -0.2) is 0 Å². The van der Waals surface area contributed by atoms with E-state index in [1.54, 1.807) is 0 Å². The molecule has 0 unspecified atom stereocenters. The largest absolute Gasteiger partial charge is 0.459 e. The molecule has 0 spiro atoms. The number of furan rings is 1. The first-order valence-corrected chi connectivity index (χ1v) is 6.69. The maximum atomic E-state index is 6.00. The highest BCUT2D eigenvalue weighted by atomic mass is 16.3. The zero-order valence-corrected chi connectivity index (χ0v) is 10.2. The zero-order chi connectivity index (χ0) is 11.9. The van der Waals surface area contributed by atoms with Crippen molar-refractivity contribution in [2.75, 3.05) is 0 Å². The Kier molecular flexibility index (Phi) is 2.16. The van der Waals surface area contributed by atoms with Gasteiger partial charge in [-0.15, -0.1) is 0 Å². The summed E-state index contributed by atoms with van der Waals surface area (Å²) in [5.41, 5.74) is 1.97. The molecule has 90 valence electrons. The van der Waals surface area contributed by atoms with E-state index in [0.717, 1.165) is 16.9 Å². The van der Waals surface area contributed by atoms with E-state index < -0.39 is 0 Å². The first-order chi connectivity index (χ1) is 8.92. The SMILES string of the molecule is c1ccc2c(c1)ncc1oc(C3CCCC3)cc12. The van der Waals surface area contributed by atoms with E-state index in [1.165, 1.54) is 36.5 Å². The van der Waals surface area contributed by atoms with Gasteiger partial charge in [0, 0.05) is 16.7 Å². The highest BCUT2D eigenvalue weighted by molar-refractivity contribution is 6.03. The molecule has 0 N–H and O–H groups in total. The Balaban J connectivity index is 1.95. The minimum absolute atomic E-state index is 0.621. The summed E-state index contributed by atoms with van der Waals surface area (Å²) in [6.07, 6.45) is 7.06. The van der Waals surface area contributed by atoms with Gasteiger partial charge in [0.15, 0.2) is 5.58 Å². The Hall–Kier alpha value is -1.83. The molecule has 2 heteroatoms. The van der Waals surface area contributed by atoms with Crippen molar-refractivity contribution in [2.45, 2.75) is 31.6 Å². The van der Waals surface area contributed by atoms with Crippen molar-refractivity contribution in [1.82, 2.24) is 4.98 Å². The number of rotatable bonds is 1. The number of para-hydroxylation sites is 1. The molecule has 0 atom stereocenters. The average molecular weight is 237 g/mol. The molecule has 0 aliphatic heterocycles. The second-order valence-corrected chi connectivity index (χ2v) is 5.18. The fraction of sp³-hybridized carbons (Fsp3) is 0.312. The second kappa shape index (κ2) is 3.84. The van der Waals surface area contributed by atoms with Crippen LogP contribution in [0.15, 0.2) is 40.9 Å². The van der Waals surface area contributed by atoms with Crippen LogP contribution in [0.1, 0.15) is 37.4 Å². The third-order valence-corrected chi connectivity index (χ3v) is 4.05. The molecule has 0 radical (unpaired) electrons. The zero-order valence-electron chi connectivity index (χ0n) is 10.2. The molecular weight excluding hydrogens is 222 g/mol. The highest BCUT2D eigenvalue weighted by Gasteiger charge is 2.21. The molecule has 2 aromatic heterocycles. The van der Waals surface area contributed by atoms with Gasteiger partial charge < -0.3 is 4.42 Å². The summed E-state index contributed by atoms with van der Waals surface area (Å²) in [7, 11) is 0. The van der Waals surface area contributed by atoms with E-state index in [1.807, 2.05) is 12.3 Å². The molecule has 4 rings (SSSR count). The minimum atomic E-state index is 0.621. The molecule has 0 bridgehead atoms. The van der Waals surface area contributed by atoms with E-state index in [0.29, 0.717) is 5.92 Å². The van der Waals surface area contributed by atoms with E-state index in [-0.39, 0.29) is 0 Å². The van der Waals surface area contributed by atoms with Crippen molar-refractivity contribution in [3.8, 4) is 0 Å². The second-order valence-electron chi connectivity index (χ2n) is 5.18. The third kappa shape index (κ3) is 1.45. The van der Waals surface area contributed by atoms with E-state index in [2.05, 4.69) is 29.2 Å². The van der Waals surface area contributed by atoms with Gasteiger partial charge in [0.25, 0.3) is 0 Å². The molecule has 0 amide bonds. The third-order valence-electron chi connectivity index (χ3n) is 4.05. The Labute approximate surface area is 106 Å². The quantitative estimate of drug-likeness (QED) is 0.616. The van der Waals surface area contributed by atoms with Crippen molar-refractivity contribution in [2.24, 2.45) is 0 Å². The predicted octanol–water partition coefficient (Wildman–Crippen LogP) is 4.64. The molecular formula is C16H15NO. The summed E-state index contributed by atoms with van der Waals surface area (Å²) in [6.45, 7) is 0. The number of hydrogen-bond acceptors (Lipinski definition) is 2. The normalized spacial score (nSPS) is 16.9. The van der Waals surface area contributed by atoms with Crippen LogP contribution in [-0.2, 0) is 0 Å². The van der Waals surface area contributed by atoms with Crippen molar-refractivity contribution < 1.29 is 4.42 Å². The lowest BCUT2D eigenvalue weighted by Gasteiger charge is -2.02. The molecule has 3 aromatic rings. The van der Waals surface area contributed by atoms with Gasteiger partial charge in [-0.2, -0.15) is 0 Å². The van der Waals surface area contributed by atoms with Gasteiger partial charge in [-0.3, -0.25) is 4.98 Å². The van der Waals surface area contributed by atoms with E-state index in [9.17, 15) is 0 Å². The monoisotopic (exact) mass is 237 g/mol. The van der Waals surface area contributed by atoms with Crippen molar-refractivity contribution in [3.63, 3.8) is 0 Å². The number of aromatic nitrogens is 1. The van der Waals surface area contributed by atoms with Crippen LogP contribution in [0.25, 0.3) is 21.9 Å². The molecule has 1 saturated carbocycles. The van der Waals surface area contributed by atoms with Gasteiger partial charge in [-0.1, -0.05) is 31.0 Å². The number of hydrogen-bond donors (Lipinski definition) is 0. The maximum absolute atomic E-state index is 6.00. The molecule has 2 heterocycles. The van der Waals surface area contributed by atoms with Gasteiger partial charge in [0.2, 0.25) is 0 Å². The van der Waals surface area contributed by atoms with Gasteiger partial charge in [-0.05, 0) is 25.0 Å². The van der Waals surface area contributed by atoms with Crippen LogP contribution in [0.2, 0.25) is 0 Å². The molecule has 1 aliphatic carbocycles. The molecule has 1 aliphatic rings. The summed E-state index contributed by atoms with van der Waals surface area (Å²) >= 11 is 0. The molecule has 1 aromatic carbocycles. The average Bonchev–Trinajstić information content (AvgIpc) is 3.07. The van der Waals surface area contributed by atoms with Gasteiger partial charge >= 0.3 is 0 Å². The Morgan fingerprint density at radius 2 is 1.89 bits per heavy atom. The summed E-state index contributed by atoms with van der Waals surface area (Å²) in [4.78, 5) is 4.46. The Bertz CT molecular complexity index is 707. The molecule has 2 nitrogen and oxygen atoms in total. The van der Waals surface area contributed by atoms with E-state index in [4.69, 9.17) is 4.42 Å². The van der Waals surface area contributed by atoms with Gasteiger partial charge in [0.1, 0.15) is 5.76 Å². The smallest absolute Gasteiger partial charge is 0.153 e. The van der Waals surface area contributed by atoms with Crippen molar-refractivity contribution in [3.05, 3.63) is 42.3 Å². The fourth-order valence-electron chi connectivity index (χ4n) is 3.08. The van der Waals surface area contributed by atoms with Crippen LogP contribution in [0.4, 0.5) is 0 Å². The van der Waals surface area contributed by atoms with Crippen LogP contribution in [0.5, 0.6) is 0 Å². The summed E-state index contributed by atoms with van der Waals surface area (Å²) in [5.74, 6) is 1.77. The number of nitrogens with zero attached hydrogens (tertiary/aromatic N) is 1. The first-order valence-electron chi connectivity index (χ1n) is 6.69. The topological polar surface area (TPSA) is 26.0 Å². The number of benzene rings is 1. The van der Waals surface area contributed by atoms with Crippen LogP contribution in [0.3, 0.4) is 0 Å². The highest BCUT2D eigenvalue weighted by Crippen LogP contribution is 2.37. The summed E-state index contributed by atoms with van der Waals surface area (Å²) < 4.78 is 6.00. The lowest BCUT2D eigenvalue weighted by atomic mass is 10.0. The number of fused-ring (bicyclic) bond motifs is 3. The summed E-state index contributed by atoms with van der Waals surface area (Å²) in [5, 5.41) is 2.41. The van der Waals surface area contributed by atoms with Crippen LogP contribution < -0.4 is 0 Å². The van der Waals surface area contributed by atoms with Crippen LogP contribution >= 0.6 is 0 Å². The van der Waals surface area contributed by atoms with Gasteiger partial charge in [0.05, 0.1) is 11.7 Å². The van der Waals surface area contributed by atoms with Crippen LogP contribution in [-0.4, -0.2) is 4.98 Å². The predicted molar refractivity (Wildman–Crippen MR) is 72.7 cm³/mol. The van der Waals surface area contributed by atoms with Crippen molar-refractivity contribution in [1.29, 1.82) is 0 Å². The number of pyridine rings is 1. The minimum Gasteiger partial charge on any atom is -0.459 e. The lowest BCUT2D eigenvalue weighted by molar-refractivity contribution is 0.493. The van der Waals surface area contributed by atoms with Crippen LogP contribution in [0, 0.1) is 0 Å². The Morgan fingerprint density at radius 1 is 1.06 bits per heavy atom. The standard InChI is InChI=1S/C16H15NO/c1-2-6-11(5-1)15-9-13-12-7-3-4-8-14(12)17-10-16(13)18-15/h3-4,7-11H,1-2,5-6H2. The van der Waals surface area contributed by atoms with Crippen molar-refractivity contribution >= 4 is 21.9 Å². The van der Waals surface area contributed by atoms with E-state index >= 15 is 0 Å². The first kappa shape index (κ1) is 10.1. The maximum Gasteiger partial charge on any atom is 0.153 e. The lowest BCUT2D eigenvalue weighted by Crippen LogP contribution is -1.87. The molecule has 0 saturated heterocycles. The molecule has 18 heavy (non-hydrogen) atoms. The fourth-order valence-corrected chi connectivity index (χ4v) is 3.08. The molecule has 1 fully saturated rings. The summed E-state index contributed by atoms with van der Waals surface area (Å²) in [6, 6.07) is 10.5. The Morgan fingerprint density at radius 3 is 2.78 bits per heavy atom.